The summed E-state index contributed by atoms with van der Waals surface area (Å²) in [5, 5.41) is 4.29. The van der Waals surface area contributed by atoms with Crippen LogP contribution in [-0.4, -0.2) is 46.8 Å². The molecule has 0 unspecified atom stereocenters. The van der Waals surface area contributed by atoms with Gasteiger partial charge < -0.3 is 15.4 Å². The van der Waals surface area contributed by atoms with E-state index in [1.807, 2.05) is 39.1 Å². The molecule has 0 radical (unpaired) electrons. The van der Waals surface area contributed by atoms with Gasteiger partial charge in [0.05, 0.1) is 5.69 Å². The molecule has 25 heavy (non-hydrogen) atoms. The summed E-state index contributed by atoms with van der Waals surface area (Å²) in [4.78, 5) is 14.2. The van der Waals surface area contributed by atoms with Gasteiger partial charge in [-0.2, -0.15) is 5.10 Å². The monoisotopic (exact) mass is 366 g/mol. The maximum Gasteiger partial charge on any atom is 0.260 e. The maximum atomic E-state index is 12.5. The van der Waals surface area contributed by atoms with Crippen molar-refractivity contribution in [2.75, 3.05) is 26.2 Å². The van der Waals surface area contributed by atoms with Gasteiger partial charge in [-0.25, -0.2) is 0 Å². The van der Waals surface area contributed by atoms with Gasteiger partial charge in [-0.05, 0) is 25.8 Å². The van der Waals surface area contributed by atoms with Crippen molar-refractivity contribution in [3.8, 4) is 5.75 Å². The molecule has 2 rings (SSSR count). The average molecular weight is 367 g/mol. The quantitative estimate of drug-likeness (QED) is 0.774. The number of ether oxygens (including phenoxy) is 1. The van der Waals surface area contributed by atoms with Crippen molar-refractivity contribution in [3.05, 3.63) is 47.3 Å². The van der Waals surface area contributed by atoms with Crippen LogP contribution < -0.4 is 10.5 Å². The second-order valence-corrected chi connectivity index (χ2v) is 5.82. The number of benzene rings is 1. The lowest BCUT2D eigenvalue weighted by Crippen LogP contribution is -2.39. The van der Waals surface area contributed by atoms with Crippen LogP contribution in [0.3, 0.4) is 0 Å². The summed E-state index contributed by atoms with van der Waals surface area (Å²) in [7, 11) is 1.86. The minimum Gasteiger partial charge on any atom is -0.480 e. The predicted octanol–water partition coefficient (Wildman–Crippen LogP) is 1.87. The predicted molar refractivity (Wildman–Crippen MR) is 101 cm³/mol. The Labute approximate surface area is 155 Å². The summed E-state index contributed by atoms with van der Waals surface area (Å²) >= 11 is 0. The number of carbonyl (C=O) groups is 1. The number of carbonyl (C=O) groups excluding carboxylic acids is 1. The largest absolute Gasteiger partial charge is 0.480 e. The van der Waals surface area contributed by atoms with Crippen LogP contribution in [0.2, 0.25) is 0 Å². The summed E-state index contributed by atoms with van der Waals surface area (Å²) in [6.45, 7) is 5.40. The summed E-state index contributed by atoms with van der Waals surface area (Å²) in [5.41, 5.74) is 8.55. The minimum atomic E-state index is -0.0564. The van der Waals surface area contributed by atoms with E-state index < -0.39 is 0 Å². The van der Waals surface area contributed by atoms with Crippen molar-refractivity contribution in [2.45, 2.75) is 20.3 Å². The van der Waals surface area contributed by atoms with E-state index in [9.17, 15) is 4.79 Å². The molecule has 0 fully saturated rings. The highest BCUT2D eigenvalue weighted by Gasteiger charge is 2.16. The number of aromatic nitrogens is 2. The second kappa shape index (κ2) is 10.1. The number of aryl methyl sites for hydroxylation is 2. The summed E-state index contributed by atoms with van der Waals surface area (Å²) in [5.74, 6) is 0.626. The van der Waals surface area contributed by atoms with Gasteiger partial charge in [0.15, 0.2) is 12.4 Å². The smallest absolute Gasteiger partial charge is 0.260 e. The van der Waals surface area contributed by atoms with Crippen LogP contribution >= 0.6 is 12.4 Å². The molecule has 0 aliphatic rings. The Balaban J connectivity index is 0.00000312. The summed E-state index contributed by atoms with van der Waals surface area (Å²) < 4.78 is 7.47. The van der Waals surface area contributed by atoms with Crippen LogP contribution in [0.5, 0.6) is 5.75 Å². The maximum absolute atomic E-state index is 12.5. The van der Waals surface area contributed by atoms with Gasteiger partial charge in [0.2, 0.25) is 0 Å². The highest BCUT2D eigenvalue weighted by atomic mass is 35.5. The van der Waals surface area contributed by atoms with E-state index in [1.165, 1.54) is 5.56 Å². The first-order chi connectivity index (χ1) is 11.5. The van der Waals surface area contributed by atoms with Crippen LogP contribution in [0.1, 0.15) is 17.0 Å². The normalized spacial score (nSPS) is 10.2. The number of amides is 1. The Hall–Kier alpha value is -2.05. The molecule has 1 amide bonds. The van der Waals surface area contributed by atoms with Crippen LogP contribution in [-0.2, 0) is 18.3 Å². The van der Waals surface area contributed by atoms with Crippen LogP contribution in [0.15, 0.2) is 30.3 Å². The molecule has 1 aromatic carbocycles. The van der Waals surface area contributed by atoms with E-state index in [0.29, 0.717) is 25.4 Å². The van der Waals surface area contributed by atoms with Gasteiger partial charge in [0, 0.05) is 26.7 Å². The standard InChI is InChI=1S/C18H26N4O2.ClH/c1-14-18(15(2)21(3)20-14)24-13-17(23)22(12-10-19)11-9-16-7-5-4-6-8-16;/h4-8H,9-13,19H2,1-3H3;1H. The Morgan fingerprint density at radius 1 is 1.24 bits per heavy atom. The van der Waals surface area contributed by atoms with Crippen molar-refractivity contribution in [1.82, 2.24) is 14.7 Å². The molecule has 0 bridgehead atoms. The van der Waals surface area contributed by atoms with Gasteiger partial charge in [-0.1, -0.05) is 30.3 Å². The van der Waals surface area contributed by atoms with Gasteiger partial charge in [0.25, 0.3) is 5.91 Å². The highest BCUT2D eigenvalue weighted by molar-refractivity contribution is 5.85. The molecule has 2 aromatic rings. The van der Waals surface area contributed by atoms with E-state index in [1.54, 1.807) is 9.58 Å². The Morgan fingerprint density at radius 2 is 1.92 bits per heavy atom. The Bertz CT molecular complexity index is 673. The third-order valence-corrected chi connectivity index (χ3v) is 4.05. The van der Waals surface area contributed by atoms with Crippen molar-refractivity contribution in [3.63, 3.8) is 0 Å². The van der Waals surface area contributed by atoms with Gasteiger partial charge in [-0.3, -0.25) is 9.48 Å². The Morgan fingerprint density at radius 3 is 2.48 bits per heavy atom. The zero-order chi connectivity index (χ0) is 17.5. The summed E-state index contributed by atoms with van der Waals surface area (Å²) in [6.07, 6.45) is 0.803. The van der Waals surface area contributed by atoms with E-state index in [2.05, 4.69) is 17.2 Å². The van der Waals surface area contributed by atoms with E-state index in [0.717, 1.165) is 17.8 Å². The van der Waals surface area contributed by atoms with Crippen molar-refractivity contribution in [2.24, 2.45) is 12.8 Å². The first-order valence-electron chi connectivity index (χ1n) is 8.17. The van der Waals surface area contributed by atoms with Crippen LogP contribution in [0, 0.1) is 13.8 Å². The minimum absolute atomic E-state index is 0. The van der Waals surface area contributed by atoms with Crippen molar-refractivity contribution in [1.29, 1.82) is 0 Å². The molecular formula is C18H27ClN4O2. The average Bonchev–Trinajstić information content (AvgIpc) is 2.82. The third-order valence-electron chi connectivity index (χ3n) is 4.05. The van der Waals surface area contributed by atoms with Crippen molar-refractivity contribution < 1.29 is 9.53 Å². The lowest BCUT2D eigenvalue weighted by atomic mass is 10.1. The molecule has 0 aliphatic heterocycles. The van der Waals surface area contributed by atoms with E-state index in [4.69, 9.17) is 10.5 Å². The molecule has 1 aromatic heterocycles. The molecule has 0 saturated heterocycles. The number of hydrogen-bond acceptors (Lipinski definition) is 4. The van der Waals surface area contributed by atoms with Crippen molar-refractivity contribution >= 4 is 18.3 Å². The third kappa shape index (κ3) is 5.76. The highest BCUT2D eigenvalue weighted by Crippen LogP contribution is 2.21. The number of hydrogen-bond donors (Lipinski definition) is 1. The number of nitrogens with zero attached hydrogens (tertiary/aromatic N) is 3. The zero-order valence-corrected chi connectivity index (χ0v) is 15.9. The zero-order valence-electron chi connectivity index (χ0n) is 15.1. The molecule has 0 spiro atoms. The second-order valence-electron chi connectivity index (χ2n) is 5.82. The van der Waals surface area contributed by atoms with Crippen LogP contribution in [0.4, 0.5) is 0 Å². The molecule has 1 heterocycles. The lowest BCUT2D eigenvalue weighted by molar-refractivity contribution is -0.133. The number of rotatable bonds is 8. The molecule has 0 atom stereocenters. The fourth-order valence-electron chi connectivity index (χ4n) is 2.61. The lowest BCUT2D eigenvalue weighted by Gasteiger charge is -2.22. The topological polar surface area (TPSA) is 73.4 Å². The fourth-order valence-corrected chi connectivity index (χ4v) is 2.61. The Kier molecular flexibility index (Phi) is 8.45. The van der Waals surface area contributed by atoms with E-state index >= 15 is 0 Å². The molecule has 2 N–H and O–H groups in total. The molecule has 0 saturated carbocycles. The number of nitrogens with two attached hydrogens (primary N) is 1. The number of halogens is 1. The van der Waals surface area contributed by atoms with E-state index in [-0.39, 0.29) is 24.9 Å². The SMILES string of the molecule is Cc1nn(C)c(C)c1OCC(=O)N(CCN)CCc1ccccc1.Cl. The molecule has 6 nitrogen and oxygen atoms in total. The summed E-state index contributed by atoms with van der Waals surface area (Å²) in [6, 6.07) is 10.1. The first kappa shape index (κ1) is 21.0. The van der Waals surface area contributed by atoms with Gasteiger partial charge in [0.1, 0.15) is 5.69 Å². The van der Waals surface area contributed by atoms with Gasteiger partial charge in [-0.15, -0.1) is 12.4 Å². The molecule has 0 aliphatic carbocycles. The van der Waals surface area contributed by atoms with Crippen LogP contribution in [0.25, 0.3) is 0 Å². The molecule has 138 valence electrons. The first-order valence-corrected chi connectivity index (χ1v) is 8.17. The molecular weight excluding hydrogens is 340 g/mol. The fraction of sp³-hybridized carbons (Fsp3) is 0.444. The molecule has 7 heteroatoms. The van der Waals surface area contributed by atoms with Gasteiger partial charge >= 0.3 is 0 Å².